The van der Waals surface area contributed by atoms with Gasteiger partial charge in [0.2, 0.25) is 12.3 Å². The number of rotatable bonds is 8. The highest BCUT2D eigenvalue weighted by Crippen LogP contribution is 2.24. The van der Waals surface area contributed by atoms with E-state index in [0.29, 0.717) is 25.2 Å². The SMILES string of the molecule is CN(C(=O)Cc1ccccc1NC=O)C(CN1CC[C@@H](O)C1)c1ccccc1. The lowest BCUT2D eigenvalue weighted by Crippen LogP contribution is -2.39. The third-order valence-electron chi connectivity index (χ3n) is 5.30. The van der Waals surface area contributed by atoms with Crippen LogP contribution in [-0.4, -0.2) is 60.0 Å². The van der Waals surface area contributed by atoms with Gasteiger partial charge in [0.25, 0.3) is 0 Å². The number of benzene rings is 2. The summed E-state index contributed by atoms with van der Waals surface area (Å²) in [5, 5.41) is 12.5. The maximum atomic E-state index is 13.1. The fourth-order valence-corrected chi connectivity index (χ4v) is 3.69. The van der Waals surface area contributed by atoms with Crippen molar-refractivity contribution in [2.24, 2.45) is 0 Å². The molecule has 2 N–H and O–H groups in total. The first kappa shape index (κ1) is 20.0. The number of aliphatic hydroxyl groups excluding tert-OH is 1. The van der Waals surface area contributed by atoms with Crippen molar-refractivity contribution >= 4 is 18.0 Å². The Morgan fingerprint density at radius 3 is 2.64 bits per heavy atom. The Kier molecular flexibility index (Phi) is 6.79. The summed E-state index contributed by atoms with van der Waals surface area (Å²) in [4.78, 5) is 27.9. The van der Waals surface area contributed by atoms with E-state index in [1.807, 2.05) is 55.6 Å². The summed E-state index contributed by atoms with van der Waals surface area (Å²) in [6.07, 6.45) is 1.31. The van der Waals surface area contributed by atoms with E-state index in [1.54, 1.807) is 11.0 Å². The summed E-state index contributed by atoms with van der Waals surface area (Å²) < 4.78 is 0. The standard InChI is InChI=1S/C22H27N3O3/c1-24(22(28)13-18-9-5-6-10-20(18)23-16-26)21(17-7-3-2-4-8-17)15-25-12-11-19(27)14-25/h2-10,16,19,21,27H,11-15H2,1H3,(H,23,26)/t19-,21?/m1/s1. The minimum atomic E-state index is -0.293. The molecule has 0 radical (unpaired) electrons. The molecule has 2 aromatic rings. The molecule has 1 aliphatic heterocycles. The smallest absolute Gasteiger partial charge is 0.227 e. The first-order valence-electron chi connectivity index (χ1n) is 9.57. The first-order chi connectivity index (χ1) is 13.6. The molecule has 2 atom stereocenters. The minimum absolute atomic E-state index is 0.0197. The van der Waals surface area contributed by atoms with Crippen LogP contribution in [0.4, 0.5) is 5.69 Å². The molecule has 2 aromatic carbocycles. The lowest BCUT2D eigenvalue weighted by molar-refractivity contribution is -0.131. The van der Waals surface area contributed by atoms with Gasteiger partial charge in [-0.3, -0.25) is 14.5 Å². The van der Waals surface area contributed by atoms with Crippen molar-refractivity contribution in [3.63, 3.8) is 0 Å². The number of nitrogens with zero attached hydrogens (tertiary/aromatic N) is 2. The van der Waals surface area contributed by atoms with Gasteiger partial charge in [-0.15, -0.1) is 0 Å². The zero-order valence-corrected chi connectivity index (χ0v) is 16.1. The van der Waals surface area contributed by atoms with Crippen LogP contribution in [0.1, 0.15) is 23.6 Å². The highest BCUT2D eigenvalue weighted by atomic mass is 16.3. The summed E-state index contributed by atoms with van der Waals surface area (Å²) >= 11 is 0. The van der Waals surface area contributed by atoms with Crippen LogP contribution in [0.3, 0.4) is 0 Å². The average molecular weight is 381 g/mol. The highest BCUT2D eigenvalue weighted by Gasteiger charge is 2.28. The maximum absolute atomic E-state index is 13.1. The Morgan fingerprint density at radius 2 is 1.96 bits per heavy atom. The molecule has 1 aliphatic rings. The third kappa shape index (κ3) is 4.97. The quantitative estimate of drug-likeness (QED) is 0.687. The van der Waals surface area contributed by atoms with Crippen LogP contribution in [0.2, 0.25) is 0 Å². The van der Waals surface area contributed by atoms with Gasteiger partial charge in [0.05, 0.1) is 18.6 Å². The molecule has 1 saturated heterocycles. The third-order valence-corrected chi connectivity index (χ3v) is 5.30. The van der Waals surface area contributed by atoms with E-state index in [2.05, 4.69) is 10.2 Å². The number of carbonyl (C=O) groups is 2. The number of hydrogen-bond acceptors (Lipinski definition) is 4. The van der Waals surface area contributed by atoms with Crippen molar-refractivity contribution in [1.29, 1.82) is 0 Å². The van der Waals surface area contributed by atoms with Crippen LogP contribution in [0.25, 0.3) is 0 Å². The van der Waals surface area contributed by atoms with Crippen molar-refractivity contribution in [3.05, 3.63) is 65.7 Å². The van der Waals surface area contributed by atoms with Crippen LogP contribution in [0, 0.1) is 0 Å². The van der Waals surface area contributed by atoms with Crippen molar-refractivity contribution < 1.29 is 14.7 Å². The predicted octanol–water partition coefficient (Wildman–Crippen LogP) is 2.06. The molecule has 0 aromatic heterocycles. The van der Waals surface area contributed by atoms with Crippen LogP contribution in [0.15, 0.2) is 54.6 Å². The molecule has 1 heterocycles. The number of aliphatic hydroxyl groups is 1. The van der Waals surface area contributed by atoms with E-state index < -0.39 is 0 Å². The molecule has 148 valence electrons. The number of amides is 2. The number of β-amino-alcohol motifs (C(OH)–C–C–N with tert-alkyl or cyclic N) is 1. The molecule has 1 fully saturated rings. The van der Waals surface area contributed by atoms with Gasteiger partial charge in [-0.2, -0.15) is 0 Å². The zero-order valence-electron chi connectivity index (χ0n) is 16.1. The molecule has 1 unspecified atom stereocenters. The van der Waals surface area contributed by atoms with Crippen molar-refractivity contribution in [2.45, 2.75) is 25.0 Å². The second-order valence-electron chi connectivity index (χ2n) is 7.23. The van der Waals surface area contributed by atoms with Crippen LogP contribution in [0.5, 0.6) is 0 Å². The number of likely N-dealkylation sites (N-methyl/N-ethyl adjacent to an activating group) is 1. The Balaban J connectivity index is 1.77. The van der Waals surface area contributed by atoms with Crippen LogP contribution < -0.4 is 5.32 Å². The fraction of sp³-hybridized carbons (Fsp3) is 0.364. The Bertz CT molecular complexity index is 797. The van der Waals surface area contributed by atoms with Crippen molar-refractivity contribution in [1.82, 2.24) is 9.80 Å². The number of nitrogens with one attached hydrogen (secondary N) is 1. The Hall–Kier alpha value is -2.70. The van der Waals surface area contributed by atoms with E-state index in [4.69, 9.17) is 0 Å². The molecule has 3 rings (SSSR count). The topological polar surface area (TPSA) is 72.9 Å². The normalized spacial score (nSPS) is 17.9. The zero-order chi connectivity index (χ0) is 19.9. The summed E-state index contributed by atoms with van der Waals surface area (Å²) in [7, 11) is 1.82. The van der Waals surface area contributed by atoms with Gasteiger partial charge in [0, 0.05) is 32.4 Å². The summed E-state index contributed by atoms with van der Waals surface area (Å²) in [5.41, 5.74) is 2.51. The lowest BCUT2D eigenvalue weighted by Gasteiger charge is -2.32. The molecule has 28 heavy (non-hydrogen) atoms. The average Bonchev–Trinajstić information content (AvgIpc) is 3.13. The molecule has 0 spiro atoms. The minimum Gasteiger partial charge on any atom is -0.392 e. The molecule has 6 heteroatoms. The highest BCUT2D eigenvalue weighted by molar-refractivity contribution is 5.83. The number of anilines is 1. The molecule has 2 amide bonds. The summed E-state index contributed by atoms with van der Waals surface area (Å²) in [6, 6.07) is 17.2. The van der Waals surface area contributed by atoms with E-state index in [-0.39, 0.29) is 24.5 Å². The predicted molar refractivity (Wildman–Crippen MR) is 109 cm³/mol. The summed E-state index contributed by atoms with van der Waals surface area (Å²) in [6.45, 7) is 2.15. The van der Waals surface area contributed by atoms with Crippen molar-refractivity contribution in [3.8, 4) is 0 Å². The second-order valence-corrected chi connectivity index (χ2v) is 7.23. The van der Waals surface area contributed by atoms with Crippen LogP contribution >= 0.6 is 0 Å². The largest absolute Gasteiger partial charge is 0.392 e. The Labute approximate surface area is 165 Å². The van der Waals surface area contributed by atoms with Gasteiger partial charge in [-0.25, -0.2) is 0 Å². The molecule has 6 nitrogen and oxygen atoms in total. The van der Waals surface area contributed by atoms with Gasteiger partial charge in [-0.05, 0) is 23.6 Å². The van der Waals surface area contributed by atoms with E-state index in [0.717, 1.165) is 24.1 Å². The lowest BCUT2D eigenvalue weighted by atomic mass is 10.0. The van der Waals surface area contributed by atoms with E-state index >= 15 is 0 Å². The molecule has 0 aliphatic carbocycles. The summed E-state index contributed by atoms with van der Waals surface area (Å²) in [5.74, 6) is -0.0197. The van der Waals surface area contributed by atoms with Gasteiger partial charge in [0.15, 0.2) is 0 Å². The monoisotopic (exact) mass is 381 g/mol. The van der Waals surface area contributed by atoms with Crippen molar-refractivity contribution in [2.75, 3.05) is 32.0 Å². The number of carbonyl (C=O) groups excluding carboxylic acids is 2. The Morgan fingerprint density at radius 1 is 1.25 bits per heavy atom. The molecular weight excluding hydrogens is 354 g/mol. The van der Waals surface area contributed by atoms with Gasteiger partial charge in [0.1, 0.15) is 0 Å². The first-order valence-corrected chi connectivity index (χ1v) is 9.57. The number of para-hydroxylation sites is 1. The van der Waals surface area contributed by atoms with Gasteiger partial charge in [-0.1, -0.05) is 48.5 Å². The van der Waals surface area contributed by atoms with E-state index in [1.165, 1.54) is 0 Å². The van der Waals surface area contributed by atoms with Gasteiger partial charge >= 0.3 is 0 Å². The number of hydrogen-bond donors (Lipinski definition) is 2. The number of likely N-dealkylation sites (tertiary alicyclic amines) is 1. The van der Waals surface area contributed by atoms with Crippen LogP contribution in [-0.2, 0) is 16.0 Å². The van der Waals surface area contributed by atoms with Gasteiger partial charge < -0.3 is 15.3 Å². The molecule has 0 saturated carbocycles. The molecule has 0 bridgehead atoms. The van der Waals surface area contributed by atoms with E-state index in [9.17, 15) is 14.7 Å². The second kappa shape index (κ2) is 9.48. The maximum Gasteiger partial charge on any atom is 0.227 e. The molecular formula is C22H27N3O3. The fourth-order valence-electron chi connectivity index (χ4n) is 3.69.